The highest BCUT2D eigenvalue weighted by Gasteiger charge is 2.18. The zero-order chi connectivity index (χ0) is 10.8. The fourth-order valence-corrected chi connectivity index (χ4v) is 2.56. The van der Waals surface area contributed by atoms with Gasteiger partial charge >= 0.3 is 0 Å². The topological polar surface area (TPSA) is 32.3 Å². The van der Waals surface area contributed by atoms with E-state index < -0.39 is 0 Å². The van der Waals surface area contributed by atoms with Crippen LogP contribution in [0.1, 0.15) is 29.5 Å². The molecular weight excluding hydrogens is 210 g/mol. The maximum absolute atomic E-state index is 9.91. The quantitative estimate of drug-likeness (QED) is 0.811. The normalized spacial score (nSPS) is 15.1. The molecule has 2 N–H and O–H groups in total. The van der Waals surface area contributed by atoms with Gasteiger partial charge in [-0.1, -0.05) is 17.7 Å². The van der Waals surface area contributed by atoms with Crippen LogP contribution in [0.2, 0.25) is 5.02 Å². The first-order valence-electron chi connectivity index (χ1n) is 5.40. The molecule has 1 aliphatic rings. The standard InChI is InChI=1S/C12H16ClNO/c1-14-7-9-6-8-4-2-3-5-10(8)11(13)12(9)15/h6,14-15H,2-5,7H2,1H3. The summed E-state index contributed by atoms with van der Waals surface area (Å²) in [5.41, 5.74) is 3.37. The van der Waals surface area contributed by atoms with Gasteiger partial charge in [-0.15, -0.1) is 0 Å². The van der Waals surface area contributed by atoms with Gasteiger partial charge in [0.25, 0.3) is 0 Å². The van der Waals surface area contributed by atoms with Gasteiger partial charge in [0.1, 0.15) is 5.75 Å². The summed E-state index contributed by atoms with van der Waals surface area (Å²) in [6.45, 7) is 0.666. The minimum Gasteiger partial charge on any atom is -0.506 e. The van der Waals surface area contributed by atoms with Crippen LogP contribution in [0.25, 0.3) is 0 Å². The minimum atomic E-state index is 0.256. The van der Waals surface area contributed by atoms with Crippen molar-refractivity contribution in [1.29, 1.82) is 0 Å². The second-order valence-electron chi connectivity index (χ2n) is 4.07. The first-order chi connectivity index (χ1) is 7.24. The molecule has 2 nitrogen and oxygen atoms in total. The van der Waals surface area contributed by atoms with Crippen molar-refractivity contribution in [2.24, 2.45) is 0 Å². The molecule has 0 spiro atoms. The summed E-state index contributed by atoms with van der Waals surface area (Å²) in [5.74, 6) is 0.256. The molecule has 3 heteroatoms. The summed E-state index contributed by atoms with van der Waals surface area (Å²) in [5, 5.41) is 13.5. The van der Waals surface area contributed by atoms with E-state index in [4.69, 9.17) is 11.6 Å². The molecule has 0 atom stereocenters. The van der Waals surface area contributed by atoms with Gasteiger partial charge in [0.2, 0.25) is 0 Å². The number of fused-ring (bicyclic) bond motifs is 1. The smallest absolute Gasteiger partial charge is 0.138 e. The molecule has 82 valence electrons. The molecule has 2 rings (SSSR count). The Morgan fingerprint density at radius 3 is 2.87 bits per heavy atom. The maximum Gasteiger partial charge on any atom is 0.138 e. The molecule has 0 amide bonds. The van der Waals surface area contributed by atoms with E-state index in [1.165, 1.54) is 18.4 Å². The van der Waals surface area contributed by atoms with Gasteiger partial charge in [0.15, 0.2) is 0 Å². The third-order valence-corrected chi connectivity index (χ3v) is 3.41. The summed E-state index contributed by atoms with van der Waals surface area (Å²) >= 11 is 6.17. The Morgan fingerprint density at radius 1 is 1.40 bits per heavy atom. The van der Waals surface area contributed by atoms with Crippen molar-refractivity contribution in [2.45, 2.75) is 32.2 Å². The Morgan fingerprint density at radius 2 is 2.13 bits per heavy atom. The van der Waals surface area contributed by atoms with Crippen molar-refractivity contribution in [2.75, 3.05) is 7.05 Å². The van der Waals surface area contributed by atoms with Gasteiger partial charge in [-0.2, -0.15) is 0 Å². The summed E-state index contributed by atoms with van der Waals surface area (Å²) in [6.07, 6.45) is 4.50. The van der Waals surface area contributed by atoms with E-state index in [0.717, 1.165) is 24.0 Å². The molecule has 1 aromatic rings. The van der Waals surface area contributed by atoms with Gasteiger partial charge in [-0.3, -0.25) is 0 Å². The number of aryl methyl sites for hydroxylation is 1. The van der Waals surface area contributed by atoms with E-state index in [2.05, 4.69) is 11.4 Å². The van der Waals surface area contributed by atoms with Crippen molar-refractivity contribution in [3.05, 3.63) is 27.8 Å². The Balaban J connectivity index is 2.47. The first kappa shape index (κ1) is 10.8. The summed E-state index contributed by atoms with van der Waals surface area (Å²) < 4.78 is 0. The summed E-state index contributed by atoms with van der Waals surface area (Å²) in [6, 6.07) is 2.09. The molecule has 0 unspecified atom stereocenters. The Labute approximate surface area is 95.3 Å². The number of rotatable bonds is 2. The van der Waals surface area contributed by atoms with Crippen LogP contribution in [0, 0.1) is 0 Å². The molecule has 1 aromatic carbocycles. The minimum absolute atomic E-state index is 0.256. The summed E-state index contributed by atoms with van der Waals surface area (Å²) in [4.78, 5) is 0. The molecule has 0 radical (unpaired) electrons. The first-order valence-corrected chi connectivity index (χ1v) is 5.78. The number of halogens is 1. The second kappa shape index (κ2) is 4.42. The van der Waals surface area contributed by atoms with Gasteiger partial charge in [0.05, 0.1) is 5.02 Å². The van der Waals surface area contributed by atoms with Crippen molar-refractivity contribution >= 4 is 11.6 Å². The lowest BCUT2D eigenvalue weighted by atomic mass is 9.90. The van der Waals surface area contributed by atoms with Crippen LogP contribution in [-0.4, -0.2) is 12.2 Å². The molecule has 1 aliphatic carbocycles. The molecule has 0 heterocycles. The monoisotopic (exact) mass is 225 g/mol. The molecule has 0 aliphatic heterocycles. The highest BCUT2D eigenvalue weighted by atomic mass is 35.5. The Bertz CT molecular complexity index is 376. The number of nitrogens with one attached hydrogen (secondary N) is 1. The lowest BCUT2D eigenvalue weighted by molar-refractivity contribution is 0.464. The second-order valence-corrected chi connectivity index (χ2v) is 4.45. The van der Waals surface area contributed by atoms with E-state index in [1.807, 2.05) is 7.05 Å². The molecule has 15 heavy (non-hydrogen) atoms. The van der Waals surface area contributed by atoms with Gasteiger partial charge in [0, 0.05) is 12.1 Å². The van der Waals surface area contributed by atoms with Crippen LogP contribution < -0.4 is 5.32 Å². The number of aromatic hydroxyl groups is 1. The van der Waals surface area contributed by atoms with Crippen LogP contribution in [0.3, 0.4) is 0 Å². The van der Waals surface area contributed by atoms with Crippen molar-refractivity contribution in [3.63, 3.8) is 0 Å². The van der Waals surface area contributed by atoms with Gasteiger partial charge in [-0.05, 0) is 43.9 Å². The van der Waals surface area contributed by atoms with E-state index in [9.17, 15) is 5.11 Å². The average molecular weight is 226 g/mol. The van der Waals surface area contributed by atoms with Crippen LogP contribution >= 0.6 is 11.6 Å². The summed E-state index contributed by atoms with van der Waals surface area (Å²) in [7, 11) is 1.87. The predicted octanol–water partition coefficient (Wildman–Crippen LogP) is 2.64. The molecular formula is C12H16ClNO. The number of phenolic OH excluding ortho intramolecular Hbond substituents is 1. The number of hydrogen-bond donors (Lipinski definition) is 2. The molecule has 0 saturated heterocycles. The van der Waals surface area contributed by atoms with E-state index in [-0.39, 0.29) is 5.75 Å². The van der Waals surface area contributed by atoms with E-state index in [0.29, 0.717) is 11.6 Å². The SMILES string of the molecule is CNCc1cc2c(c(Cl)c1O)CCCC2. The lowest BCUT2D eigenvalue weighted by Crippen LogP contribution is -2.09. The molecule has 0 fully saturated rings. The fraction of sp³-hybridized carbons (Fsp3) is 0.500. The lowest BCUT2D eigenvalue weighted by Gasteiger charge is -2.19. The largest absolute Gasteiger partial charge is 0.506 e. The predicted molar refractivity (Wildman–Crippen MR) is 62.5 cm³/mol. The van der Waals surface area contributed by atoms with Gasteiger partial charge < -0.3 is 10.4 Å². The zero-order valence-corrected chi connectivity index (χ0v) is 9.69. The van der Waals surface area contributed by atoms with Crippen molar-refractivity contribution < 1.29 is 5.11 Å². The molecule has 0 bridgehead atoms. The third-order valence-electron chi connectivity index (χ3n) is 3.00. The Kier molecular flexibility index (Phi) is 3.17. The zero-order valence-electron chi connectivity index (χ0n) is 8.94. The van der Waals surface area contributed by atoms with Crippen LogP contribution in [0.4, 0.5) is 0 Å². The van der Waals surface area contributed by atoms with Gasteiger partial charge in [-0.25, -0.2) is 0 Å². The van der Waals surface area contributed by atoms with E-state index >= 15 is 0 Å². The highest BCUT2D eigenvalue weighted by molar-refractivity contribution is 6.33. The van der Waals surface area contributed by atoms with Crippen molar-refractivity contribution in [1.82, 2.24) is 5.32 Å². The van der Waals surface area contributed by atoms with Crippen LogP contribution in [-0.2, 0) is 19.4 Å². The van der Waals surface area contributed by atoms with Crippen molar-refractivity contribution in [3.8, 4) is 5.75 Å². The van der Waals surface area contributed by atoms with Crippen LogP contribution in [0.15, 0.2) is 6.07 Å². The maximum atomic E-state index is 9.91. The van der Waals surface area contributed by atoms with Crippen LogP contribution in [0.5, 0.6) is 5.75 Å². The number of phenols is 1. The molecule has 0 aromatic heterocycles. The van der Waals surface area contributed by atoms with E-state index in [1.54, 1.807) is 0 Å². The number of hydrogen-bond acceptors (Lipinski definition) is 2. The molecule has 0 saturated carbocycles. The highest BCUT2D eigenvalue weighted by Crippen LogP contribution is 2.37. The fourth-order valence-electron chi connectivity index (χ4n) is 2.23. The number of benzene rings is 1. The average Bonchev–Trinajstić information content (AvgIpc) is 2.26. The Hall–Kier alpha value is -0.730. The third kappa shape index (κ3) is 1.97.